The number of hydrogen-bond donors (Lipinski definition) is 0. The predicted octanol–water partition coefficient (Wildman–Crippen LogP) is 4.81. The minimum Gasteiger partial charge on any atom is -0.497 e. The standard InChI is InChI=1S/C26H30N2O4S2/c1-20(17-24-8-6-16-33-24)28(19-21-10-12-23(32-2)13-11-21)26(29)22-7-5-9-25(18-22)34(30,31)27-14-3-4-15-27/h5-13,16,18,20H,3-4,14-15,17,19H2,1-2H3. The van der Waals surface area contributed by atoms with Gasteiger partial charge in [-0.05, 0) is 67.1 Å². The van der Waals surface area contributed by atoms with E-state index in [0.717, 1.165) is 30.6 Å². The van der Waals surface area contributed by atoms with Gasteiger partial charge in [-0.1, -0.05) is 24.3 Å². The van der Waals surface area contributed by atoms with Crippen LogP contribution in [0.2, 0.25) is 0 Å². The van der Waals surface area contributed by atoms with Crippen LogP contribution in [0.15, 0.2) is 70.9 Å². The maximum Gasteiger partial charge on any atom is 0.254 e. The molecule has 3 aromatic rings. The van der Waals surface area contributed by atoms with Crippen LogP contribution in [0.5, 0.6) is 5.75 Å². The molecule has 1 aliphatic rings. The van der Waals surface area contributed by atoms with Crippen molar-refractivity contribution in [1.82, 2.24) is 9.21 Å². The van der Waals surface area contributed by atoms with Crippen molar-refractivity contribution in [3.63, 3.8) is 0 Å². The van der Waals surface area contributed by atoms with Crippen LogP contribution in [-0.2, 0) is 23.0 Å². The normalized spacial score (nSPS) is 15.2. The number of nitrogens with zero attached hydrogens (tertiary/aromatic N) is 2. The Bertz CT molecular complexity index is 1200. The van der Waals surface area contributed by atoms with Crippen LogP contribution in [0.4, 0.5) is 0 Å². The van der Waals surface area contributed by atoms with Gasteiger partial charge in [0.15, 0.2) is 0 Å². The third-order valence-corrected chi connectivity index (χ3v) is 8.96. The van der Waals surface area contributed by atoms with Gasteiger partial charge in [-0.25, -0.2) is 8.42 Å². The number of methoxy groups -OCH3 is 1. The fourth-order valence-corrected chi connectivity index (χ4v) is 6.61. The summed E-state index contributed by atoms with van der Waals surface area (Å²) in [5.74, 6) is 0.575. The van der Waals surface area contributed by atoms with Crippen molar-refractivity contribution >= 4 is 27.3 Å². The van der Waals surface area contributed by atoms with Crippen molar-refractivity contribution in [1.29, 1.82) is 0 Å². The Morgan fingerprint density at radius 2 is 1.82 bits per heavy atom. The first kappa shape index (κ1) is 24.4. The average Bonchev–Trinajstić information content (AvgIpc) is 3.57. The highest BCUT2D eigenvalue weighted by Crippen LogP contribution is 2.24. The molecule has 1 saturated heterocycles. The fraction of sp³-hybridized carbons (Fsp3) is 0.346. The highest BCUT2D eigenvalue weighted by molar-refractivity contribution is 7.89. The van der Waals surface area contributed by atoms with Crippen molar-refractivity contribution < 1.29 is 17.9 Å². The second-order valence-corrected chi connectivity index (χ2v) is 11.5. The van der Waals surface area contributed by atoms with E-state index in [1.807, 2.05) is 47.5 Å². The molecular formula is C26H30N2O4S2. The molecule has 1 aromatic heterocycles. The zero-order chi connectivity index (χ0) is 24.1. The molecule has 1 fully saturated rings. The summed E-state index contributed by atoms with van der Waals surface area (Å²) in [6, 6.07) is 18.1. The third kappa shape index (κ3) is 5.51. The first-order valence-corrected chi connectivity index (χ1v) is 13.8. The molecule has 0 saturated carbocycles. The lowest BCUT2D eigenvalue weighted by Gasteiger charge is -2.30. The number of carbonyl (C=O) groups is 1. The van der Waals surface area contributed by atoms with Crippen LogP contribution in [0.25, 0.3) is 0 Å². The van der Waals surface area contributed by atoms with E-state index < -0.39 is 10.0 Å². The fourth-order valence-electron chi connectivity index (χ4n) is 4.22. The second kappa shape index (κ2) is 10.7. The zero-order valence-electron chi connectivity index (χ0n) is 19.5. The zero-order valence-corrected chi connectivity index (χ0v) is 21.1. The van der Waals surface area contributed by atoms with Gasteiger partial charge in [0.25, 0.3) is 5.91 Å². The van der Waals surface area contributed by atoms with Gasteiger partial charge in [-0.2, -0.15) is 4.31 Å². The van der Waals surface area contributed by atoms with Crippen LogP contribution < -0.4 is 4.74 Å². The third-order valence-electron chi connectivity index (χ3n) is 6.17. The molecular weight excluding hydrogens is 468 g/mol. The number of amides is 1. The van der Waals surface area contributed by atoms with Crippen LogP contribution in [0.3, 0.4) is 0 Å². The number of benzene rings is 2. The highest BCUT2D eigenvalue weighted by Gasteiger charge is 2.29. The van der Waals surface area contributed by atoms with Gasteiger partial charge < -0.3 is 9.64 Å². The minimum absolute atomic E-state index is 0.0768. The largest absolute Gasteiger partial charge is 0.497 e. The highest BCUT2D eigenvalue weighted by atomic mass is 32.2. The summed E-state index contributed by atoms with van der Waals surface area (Å²) in [6.07, 6.45) is 2.47. The van der Waals surface area contributed by atoms with Gasteiger partial charge in [-0.15, -0.1) is 11.3 Å². The molecule has 1 amide bonds. The predicted molar refractivity (Wildman–Crippen MR) is 135 cm³/mol. The Morgan fingerprint density at radius 3 is 2.47 bits per heavy atom. The smallest absolute Gasteiger partial charge is 0.254 e. The quantitative estimate of drug-likeness (QED) is 0.424. The molecule has 2 aromatic carbocycles. The van der Waals surface area contributed by atoms with Crippen LogP contribution in [0.1, 0.15) is 40.6 Å². The van der Waals surface area contributed by atoms with Crippen molar-refractivity contribution in [3.05, 3.63) is 82.0 Å². The summed E-state index contributed by atoms with van der Waals surface area (Å²) in [7, 11) is -1.98. The topological polar surface area (TPSA) is 66.9 Å². The van der Waals surface area contributed by atoms with E-state index in [1.54, 1.807) is 36.6 Å². The number of hydrogen-bond acceptors (Lipinski definition) is 5. The molecule has 2 heterocycles. The van der Waals surface area contributed by atoms with Crippen molar-refractivity contribution in [3.8, 4) is 5.75 Å². The van der Waals surface area contributed by atoms with E-state index in [4.69, 9.17) is 4.74 Å². The van der Waals surface area contributed by atoms with Crippen molar-refractivity contribution in [2.45, 2.75) is 43.7 Å². The Labute approximate surface area is 205 Å². The number of rotatable bonds is 9. The molecule has 1 unspecified atom stereocenters. The van der Waals surface area contributed by atoms with E-state index >= 15 is 0 Å². The SMILES string of the molecule is COc1ccc(CN(C(=O)c2cccc(S(=O)(=O)N3CCCC3)c2)C(C)Cc2cccs2)cc1. The van der Waals surface area contributed by atoms with Crippen LogP contribution in [-0.4, -0.2) is 49.8 Å². The summed E-state index contributed by atoms with van der Waals surface area (Å²) < 4.78 is 32.9. The molecule has 1 atom stereocenters. The lowest BCUT2D eigenvalue weighted by Crippen LogP contribution is -2.39. The summed E-state index contributed by atoms with van der Waals surface area (Å²) in [5.41, 5.74) is 1.36. The summed E-state index contributed by atoms with van der Waals surface area (Å²) >= 11 is 1.67. The van der Waals surface area contributed by atoms with Gasteiger partial charge in [0, 0.05) is 42.5 Å². The van der Waals surface area contributed by atoms with E-state index in [1.165, 1.54) is 15.2 Å². The Kier molecular flexibility index (Phi) is 7.70. The van der Waals surface area contributed by atoms with Gasteiger partial charge in [0.1, 0.15) is 5.75 Å². The maximum absolute atomic E-state index is 13.7. The number of sulfonamides is 1. The number of thiophene rings is 1. The molecule has 6 nitrogen and oxygen atoms in total. The first-order valence-electron chi connectivity index (χ1n) is 11.4. The van der Waals surface area contributed by atoms with Crippen molar-refractivity contribution in [2.24, 2.45) is 0 Å². The first-order chi connectivity index (χ1) is 16.4. The maximum atomic E-state index is 13.7. The Hall–Kier alpha value is -2.68. The number of carbonyl (C=O) groups excluding carboxylic acids is 1. The van der Waals surface area contributed by atoms with E-state index in [-0.39, 0.29) is 16.8 Å². The minimum atomic E-state index is -3.60. The van der Waals surface area contributed by atoms with E-state index in [0.29, 0.717) is 25.2 Å². The molecule has 8 heteroatoms. The summed E-state index contributed by atoms with van der Waals surface area (Å²) in [5, 5.41) is 2.03. The van der Waals surface area contributed by atoms with E-state index in [9.17, 15) is 13.2 Å². The van der Waals surface area contributed by atoms with Gasteiger partial charge in [-0.3, -0.25) is 4.79 Å². The molecule has 180 valence electrons. The monoisotopic (exact) mass is 498 g/mol. The molecule has 0 radical (unpaired) electrons. The molecule has 4 rings (SSSR count). The second-order valence-electron chi connectivity index (χ2n) is 8.55. The van der Waals surface area contributed by atoms with Crippen LogP contribution in [0, 0.1) is 0 Å². The average molecular weight is 499 g/mol. The Morgan fingerprint density at radius 1 is 1.09 bits per heavy atom. The summed E-state index contributed by atoms with van der Waals surface area (Å²) in [4.78, 5) is 16.9. The van der Waals surface area contributed by atoms with Crippen molar-refractivity contribution in [2.75, 3.05) is 20.2 Å². The lowest BCUT2D eigenvalue weighted by atomic mass is 10.1. The lowest BCUT2D eigenvalue weighted by molar-refractivity contribution is 0.0675. The molecule has 34 heavy (non-hydrogen) atoms. The van der Waals surface area contributed by atoms with Crippen LogP contribution >= 0.6 is 11.3 Å². The molecule has 0 aliphatic carbocycles. The van der Waals surface area contributed by atoms with Gasteiger partial charge in [0.2, 0.25) is 10.0 Å². The molecule has 1 aliphatic heterocycles. The molecule has 0 spiro atoms. The van der Waals surface area contributed by atoms with E-state index in [2.05, 4.69) is 6.07 Å². The Balaban J connectivity index is 1.62. The number of ether oxygens (including phenoxy) is 1. The molecule has 0 N–H and O–H groups in total. The molecule has 0 bridgehead atoms. The van der Waals surface area contributed by atoms with Gasteiger partial charge in [0.05, 0.1) is 12.0 Å². The van der Waals surface area contributed by atoms with Gasteiger partial charge >= 0.3 is 0 Å². The summed E-state index contributed by atoms with van der Waals surface area (Å²) in [6.45, 7) is 3.51.